The Morgan fingerprint density at radius 3 is 2.67 bits per heavy atom. The second-order valence-corrected chi connectivity index (χ2v) is 8.90. The number of alkyl carbamates (subject to hydrolysis) is 1. The van der Waals surface area contributed by atoms with Gasteiger partial charge in [0.2, 0.25) is 0 Å². The van der Waals surface area contributed by atoms with E-state index in [1.165, 1.54) is 12.1 Å². The SMILES string of the molecule is Cc1ccc(S(=O)(=O)O)cc1C(CNC(=O)OCc1ccccc1)C1OCC2OC21. The van der Waals surface area contributed by atoms with Crippen molar-refractivity contribution in [1.82, 2.24) is 5.32 Å². The Morgan fingerprint density at radius 1 is 1.27 bits per heavy atom. The molecule has 9 heteroatoms. The van der Waals surface area contributed by atoms with Crippen molar-refractivity contribution in [2.24, 2.45) is 0 Å². The lowest BCUT2D eigenvalue weighted by atomic mass is 9.88. The third kappa shape index (κ3) is 4.65. The Morgan fingerprint density at radius 2 is 2.03 bits per heavy atom. The molecule has 0 aromatic heterocycles. The lowest BCUT2D eigenvalue weighted by Crippen LogP contribution is -2.36. The number of carbonyl (C=O) groups is 1. The standard InChI is InChI=1S/C21H23NO7S/c1-13-7-8-15(30(24,25)26)9-16(13)17(19-20-18(29-20)12-27-19)10-22-21(23)28-11-14-5-3-2-4-6-14/h2-9,17-20H,10-12H2,1H3,(H,22,23)(H,24,25,26). The summed E-state index contributed by atoms with van der Waals surface area (Å²) in [6.45, 7) is 2.61. The predicted octanol–water partition coefficient (Wildman–Crippen LogP) is 2.42. The molecule has 4 rings (SSSR count). The van der Waals surface area contributed by atoms with Gasteiger partial charge in [0.25, 0.3) is 10.1 Å². The van der Waals surface area contributed by atoms with Gasteiger partial charge in [-0.2, -0.15) is 8.42 Å². The molecule has 8 nitrogen and oxygen atoms in total. The van der Waals surface area contributed by atoms with Gasteiger partial charge in [-0.3, -0.25) is 4.55 Å². The molecule has 0 radical (unpaired) electrons. The van der Waals surface area contributed by atoms with Crippen LogP contribution in [-0.2, 0) is 30.9 Å². The fraction of sp³-hybridized carbons (Fsp3) is 0.381. The number of fused-ring (bicyclic) bond motifs is 1. The summed E-state index contributed by atoms with van der Waals surface area (Å²) in [7, 11) is -4.36. The van der Waals surface area contributed by atoms with Crippen molar-refractivity contribution in [3.05, 3.63) is 65.2 Å². The first kappa shape index (κ1) is 20.8. The van der Waals surface area contributed by atoms with E-state index in [1.54, 1.807) is 6.07 Å². The van der Waals surface area contributed by atoms with Crippen molar-refractivity contribution in [3.8, 4) is 0 Å². The molecule has 2 aliphatic rings. The molecule has 2 fully saturated rings. The van der Waals surface area contributed by atoms with Gasteiger partial charge in [-0.25, -0.2) is 4.79 Å². The smallest absolute Gasteiger partial charge is 0.407 e. The van der Waals surface area contributed by atoms with E-state index in [0.29, 0.717) is 12.2 Å². The molecule has 2 aromatic rings. The lowest BCUT2D eigenvalue weighted by molar-refractivity contribution is 0.0126. The maximum atomic E-state index is 12.2. The average Bonchev–Trinajstić information content (AvgIpc) is 3.39. The average molecular weight is 433 g/mol. The van der Waals surface area contributed by atoms with Gasteiger partial charge in [0.15, 0.2) is 0 Å². The Kier molecular flexibility index (Phi) is 5.79. The van der Waals surface area contributed by atoms with Crippen LogP contribution in [0.25, 0.3) is 0 Å². The molecule has 0 bridgehead atoms. The van der Waals surface area contributed by atoms with Crippen molar-refractivity contribution >= 4 is 16.2 Å². The van der Waals surface area contributed by atoms with Crippen molar-refractivity contribution < 1.29 is 32.0 Å². The van der Waals surface area contributed by atoms with Crippen LogP contribution in [0.4, 0.5) is 4.79 Å². The van der Waals surface area contributed by atoms with Crippen molar-refractivity contribution in [2.45, 2.75) is 42.7 Å². The Bertz CT molecular complexity index is 1020. The molecule has 4 unspecified atom stereocenters. The summed E-state index contributed by atoms with van der Waals surface area (Å²) >= 11 is 0. The number of nitrogens with one attached hydrogen (secondary N) is 1. The summed E-state index contributed by atoms with van der Waals surface area (Å²) < 4.78 is 49.3. The highest BCUT2D eigenvalue weighted by Gasteiger charge is 2.54. The van der Waals surface area contributed by atoms with E-state index < -0.39 is 16.2 Å². The highest BCUT2D eigenvalue weighted by molar-refractivity contribution is 7.85. The van der Waals surface area contributed by atoms with E-state index >= 15 is 0 Å². The Labute approximate surface area is 174 Å². The van der Waals surface area contributed by atoms with Gasteiger partial charge in [0.05, 0.1) is 17.6 Å². The number of epoxide rings is 1. The first-order valence-electron chi connectivity index (χ1n) is 9.62. The van der Waals surface area contributed by atoms with Crippen LogP contribution >= 0.6 is 0 Å². The minimum absolute atomic E-state index is 0.0348. The number of amides is 1. The molecule has 1 amide bonds. The molecule has 2 N–H and O–H groups in total. The van der Waals surface area contributed by atoms with Gasteiger partial charge in [0, 0.05) is 12.5 Å². The highest BCUT2D eigenvalue weighted by atomic mass is 32.2. The topological polar surface area (TPSA) is 114 Å². The summed E-state index contributed by atoms with van der Waals surface area (Å²) in [5.74, 6) is -0.367. The molecule has 2 saturated heterocycles. The molecule has 30 heavy (non-hydrogen) atoms. The van der Waals surface area contributed by atoms with Crippen LogP contribution in [0.5, 0.6) is 0 Å². The molecule has 0 spiro atoms. The van der Waals surface area contributed by atoms with E-state index in [0.717, 1.165) is 11.1 Å². The summed E-state index contributed by atoms with van der Waals surface area (Å²) in [5.41, 5.74) is 2.35. The number of hydrogen-bond acceptors (Lipinski definition) is 6. The van der Waals surface area contributed by atoms with Crippen molar-refractivity contribution in [2.75, 3.05) is 13.2 Å². The maximum Gasteiger partial charge on any atom is 0.407 e. The second-order valence-electron chi connectivity index (χ2n) is 7.48. The quantitative estimate of drug-likeness (QED) is 0.509. The molecule has 160 valence electrons. The van der Waals surface area contributed by atoms with E-state index in [2.05, 4.69) is 5.32 Å². The third-order valence-electron chi connectivity index (χ3n) is 5.42. The fourth-order valence-corrected chi connectivity index (χ4v) is 4.29. The minimum Gasteiger partial charge on any atom is -0.445 e. The first-order valence-corrected chi connectivity index (χ1v) is 11.1. The maximum absolute atomic E-state index is 12.2. The van der Waals surface area contributed by atoms with Gasteiger partial charge in [-0.1, -0.05) is 36.4 Å². The van der Waals surface area contributed by atoms with Crippen LogP contribution in [0.2, 0.25) is 0 Å². The van der Waals surface area contributed by atoms with Crippen LogP contribution in [-0.4, -0.2) is 50.5 Å². The summed E-state index contributed by atoms with van der Waals surface area (Å²) in [4.78, 5) is 12.0. The van der Waals surface area contributed by atoms with Crippen LogP contribution in [0.3, 0.4) is 0 Å². The number of ether oxygens (including phenoxy) is 3. The molecule has 2 aromatic carbocycles. The molecule has 2 aliphatic heterocycles. The largest absolute Gasteiger partial charge is 0.445 e. The number of benzene rings is 2. The van der Waals surface area contributed by atoms with Gasteiger partial charge in [0.1, 0.15) is 18.8 Å². The summed E-state index contributed by atoms with van der Waals surface area (Å²) in [5, 5.41) is 2.74. The second kappa shape index (κ2) is 8.35. The molecule has 2 heterocycles. The lowest BCUT2D eigenvalue weighted by Gasteiger charge is -2.26. The van der Waals surface area contributed by atoms with Crippen LogP contribution in [0, 0.1) is 6.92 Å². The number of carbonyl (C=O) groups excluding carboxylic acids is 1. The van der Waals surface area contributed by atoms with Gasteiger partial charge in [-0.05, 0) is 35.7 Å². The molecular formula is C21H23NO7S. The Hall–Kier alpha value is -2.46. The van der Waals surface area contributed by atoms with Crippen LogP contribution in [0.15, 0.2) is 53.4 Å². The number of hydrogen-bond donors (Lipinski definition) is 2. The highest BCUT2D eigenvalue weighted by Crippen LogP contribution is 2.42. The molecular weight excluding hydrogens is 410 g/mol. The minimum atomic E-state index is -4.36. The van der Waals surface area contributed by atoms with Gasteiger partial charge >= 0.3 is 6.09 Å². The molecule has 0 saturated carbocycles. The van der Waals surface area contributed by atoms with Crippen LogP contribution < -0.4 is 5.32 Å². The summed E-state index contributed by atoms with van der Waals surface area (Å²) in [6, 6.07) is 13.7. The van der Waals surface area contributed by atoms with Gasteiger partial charge < -0.3 is 19.5 Å². The van der Waals surface area contributed by atoms with Crippen molar-refractivity contribution in [3.63, 3.8) is 0 Å². The van der Waals surface area contributed by atoms with Gasteiger partial charge in [-0.15, -0.1) is 0 Å². The van der Waals surface area contributed by atoms with Crippen molar-refractivity contribution in [1.29, 1.82) is 0 Å². The normalized spacial score (nSPS) is 23.5. The summed E-state index contributed by atoms with van der Waals surface area (Å²) in [6.07, 6.45) is -0.975. The monoisotopic (exact) mass is 433 g/mol. The zero-order chi connectivity index (χ0) is 21.3. The molecule has 4 atom stereocenters. The van der Waals surface area contributed by atoms with E-state index in [-0.39, 0.29) is 42.3 Å². The number of aryl methyl sites for hydroxylation is 1. The molecule has 0 aliphatic carbocycles. The Balaban J connectivity index is 1.49. The van der Waals surface area contributed by atoms with E-state index in [1.807, 2.05) is 37.3 Å². The zero-order valence-corrected chi connectivity index (χ0v) is 17.2. The zero-order valence-electron chi connectivity index (χ0n) is 16.4. The van der Waals surface area contributed by atoms with E-state index in [9.17, 15) is 17.8 Å². The predicted molar refractivity (Wildman–Crippen MR) is 107 cm³/mol. The number of rotatable bonds is 7. The first-order chi connectivity index (χ1) is 14.3. The van der Waals surface area contributed by atoms with E-state index in [4.69, 9.17) is 14.2 Å². The fourth-order valence-electron chi connectivity index (χ4n) is 3.77. The van der Waals surface area contributed by atoms with Crippen LogP contribution in [0.1, 0.15) is 22.6 Å². The third-order valence-corrected chi connectivity index (χ3v) is 6.27.